The first-order chi connectivity index (χ1) is 13.6. The van der Waals surface area contributed by atoms with E-state index in [1.807, 2.05) is 30.5 Å². The van der Waals surface area contributed by atoms with E-state index in [1.54, 1.807) is 30.4 Å². The van der Waals surface area contributed by atoms with Gasteiger partial charge in [-0.1, -0.05) is 0 Å². The molecule has 1 aromatic carbocycles. The van der Waals surface area contributed by atoms with Crippen LogP contribution in [0.1, 0.15) is 28.2 Å². The maximum absolute atomic E-state index is 11.8. The van der Waals surface area contributed by atoms with Crippen molar-refractivity contribution in [1.82, 2.24) is 15.0 Å². The molecule has 0 radical (unpaired) electrons. The molecule has 4 aromatic rings. The van der Waals surface area contributed by atoms with Crippen LogP contribution in [0.3, 0.4) is 0 Å². The van der Waals surface area contributed by atoms with Crippen LogP contribution in [0, 0.1) is 6.92 Å². The van der Waals surface area contributed by atoms with Gasteiger partial charge in [0.15, 0.2) is 0 Å². The Bertz CT molecular complexity index is 1140. The highest BCUT2D eigenvalue weighted by Gasteiger charge is 2.14. The fourth-order valence-electron chi connectivity index (χ4n) is 2.82. The van der Waals surface area contributed by atoms with Crippen molar-refractivity contribution in [3.8, 4) is 11.3 Å². The Labute approximate surface area is 165 Å². The fraction of sp³-hybridized carbons (Fsp3) is 0.200. The van der Waals surface area contributed by atoms with Crippen LogP contribution in [-0.2, 0) is 11.3 Å². The van der Waals surface area contributed by atoms with Crippen molar-refractivity contribution in [3.05, 3.63) is 58.5 Å². The number of anilines is 1. The second-order valence-electron chi connectivity index (χ2n) is 6.05. The van der Waals surface area contributed by atoms with Gasteiger partial charge in [-0.25, -0.2) is 19.7 Å². The molecule has 0 saturated carbocycles. The number of rotatable bonds is 6. The first-order valence-corrected chi connectivity index (χ1v) is 9.69. The lowest BCUT2D eigenvalue weighted by Crippen LogP contribution is -2.03. The van der Waals surface area contributed by atoms with Crippen LogP contribution < -0.4 is 5.32 Å². The van der Waals surface area contributed by atoms with Crippen molar-refractivity contribution in [2.24, 2.45) is 0 Å². The van der Waals surface area contributed by atoms with Crippen molar-refractivity contribution in [1.29, 1.82) is 0 Å². The third kappa shape index (κ3) is 3.72. The summed E-state index contributed by atoms with van der Waals surface area (Å²) in [6.07, 6.45) is 1.53. The molecule has 28 heavy (non-hydrogen) atoms. The maximum Gasteiger partial charge on any atom is 0.374 e. The number of carbonyl (C=O) groups is 1. The molecular weight excluding hydrogens is 376 g/mol. The van der Waals surface area contributed by atoms with E-state index >= 15 is 0 Å². The Hall–Kier alpha value is -3.26. The molecule has 0 aliphatic heterocycles. The summed E-state index contributed by atoms with van der Waals surface area (Å²) < 4.78 is 10.6. The van der Waals surface area contributed by atoms with Gasteiger partial charge in [0, 0.05) is 16.3 Å². The Kier molecular flexibility index (Phi) is 5.03. The molecule has 4 rings (SSSR count). The van der Waals surface area contributed by atoms with Gasteiger partial charge >= 0.3 is 5.97 Å². The van der Waals surface area contributed by atoms with Gasteiger partial charge in [0.25, 0.3) is 0 Å². The molecule has 0 saturated heterocycles. The monoisotopic (exact) mass is 394 g/mol. The van der Waals surface area contributed by atoms with E-state index in [2.05, 4.69) is 20.3 Å². The van der Waals surface area contributed by atoms with Crippen molar-refractivity contribution < 1.29 is 13.9 Å². The number of aryl methyl sites for hydroxylation is 1. The number of aromatic nitrogens is 3. The van der Waals surface area contributed by atoms with E-state index in [1.165, 1.54) is 6.33 Å². The van der Waals surface area contributed by atoms with E-state index in [-0.39, 0.29) is 5.76 Å². The summed E-state index contributed by atoms with van der Waals surface area (Å²) in [6, 6.07) is 9.11. The van der Waals surface area contributed by atoms with Crippen molar-refractivity contribution >= 4 is 34.0 Å². The van der Waals surface area contributed by atoms with Gasteiger partial charge in [-0.15, -0.1) is 11.3 Å². The van der Waals surface area contributed by atoms with Crippen LogP contribution in [0.15, 0.2) is 46.5 Å². The van der Waals surface area contributed by atoms with Gasteiger partial charge in [-0.2, -0.15) is 0 Å². The van der Waals surface area contributed by atoms with Gasteiger partial charge in [-0.05, 0) is 44.2 Å². The van der Waals surface area contributed by atoms with E-state index in [4.69, 9.17) is 9.15 Å². The summed E-state index contributed by atoms with van der Waals surface area (Å²) in [5.74, 6) is 1.00. The van der Waals surface area contributed by atoms with Gasteiger partial charge in [0.2, 0.25) is 5.76 Å². The average Bonchev–Trinajstić information content (AvgIpc) is 3.35. The minimum Gasteiger partial charge on any atom is -0.460 e. The highest BCUT2D eigenvalue weighted by atomic mass is 32.1. The Balaban J connectivity index is 1.63. The lowest BCUT2D eigenvalue weighted by Gasteiger charge is -2.08. The van der Waals surface area contributed by atoms with Crippen molar-refractivity contribution in [2.75, 3.05) is 11.9 Å². The molecule has 0 bridgehead atoms. The van der Waals surface area contributed by atoms with Gasteiger partial charge in [0.1, 0.15) is 17.9 Å². The van der Waals surface area contributed by atoms with E-state index in [0.29, 0.717) is 18.9 Å². The quantitative estimate of drug-likeness (QED) is 0.483. The molecule has 0 unspecified atom stereocenters. The van der Waals surface area contributed by atoms with Crippen LogP contribution in [0.5, 0.6) is 0 Å². The number of esters is 1. The van der Waals surface area contributed by atoms with Crippen LogP contribution >= 0.6 is 11.3 Å². The summed E-state index contributed by atoms with van der Waals surface area (Å²) in [4.78, 5) is 25.0. The molecule has 1 N–H and O–H groups in total. The number of furan rings is 1. The third-order valence-corrected chi connectivity index (χ3v) is 4.93. The van der Waals surface area contributed by atoms with Crippen molar-refractivity contribution in [2.45, 2.75) is 20.4 Å². The SMILES string of the molecule is CCOC(=O)c1ccc(-c2ccc3ncnc(NCc4csc(C)n4)c3c2)o1. The first kappa shape index (κ1) is 18.1. The molecule has 3 aromatic heterocycles. The molecule has 0 aliphatic rings. The number of ether oxygens (including phenoxy) is 1. The Morgan fingerprint density at radius 1 is 1.25 bits per heavy atom. The number of thiazole rings is 1. The Morgan fingerprint density at radius 2 is 2.14 bits per heavy atom. The van der Waals surface area contributed by atoms with Crippen LogP contribution in [0.25, 0.3) is 22.2 Å². The average molecular weight is 394 g/mol. The minimum absolute atomic E-state index is 0.179. The maximum atomic E-state index is 11.8. The predicted octanol–water partition coefficient (Wildman–Crippen LogP) is 4.44. The number of benzene rings is 1. The molecule has 8 heteroatoms. The normalized spacial score (nSPS) is 10.9. The molecule has 0 fully saturated rings. The van der Waals surface area contributed by atoms with E-state index < -0.39 is 5.97 Å². The second-order valence-corrected chi connectivity index (χ2v) is 7.11. The summed E-state index contributed by atoms with van der Waals surface area (Å²) in [7, 11) is 0. The van der Waals surface area contributed by atoms with Crippen molar-refractivity contribution in [3.63, 3.8) is 0 Å². The largest absolute Gasteiger partial charge is 0.460 e. The van der Waals surface area contributed by atoms with Gasteiger partial charge in [-0.3, -0.25) is 0 Å². The standard InChI is InChI=1S/C20H18N4O3S/c1-3-26-20(25)18-7-6-17(27-18)13-4-5-16-15(8-13)19(23-11-22-16)21-9-14-10-28-12(2)24-14/h4-8,10-11H,3,9H2,1-2H3,(H,21,22,23). The summed E-state index contributed by atoms with van der Waals surface area (Å²) in [5.41, 5.74) is 2.61. The lowest BCUT2D eigenvalue weighted by molar-refractivity contribution is 0.0491. The molecule has 142 valence electrons. The molecular formula is C20H18N4O3S. The number of nitrogens with one attached hydrogen (secondary N) is 1. The zero-order valence-corrected chi connectivity index (χ0v) is 16.2. The molecule has 7 nitrogen and oxygen atoms in total. The number of hydrogen-bond donors (Lipinski definition) is 1. The summed E-state index contributed by atoms with van der Waals surface area (Å²) >= 11 is 1.62. The number of carbonyl (C=O) groups excluding carboxylic acids is 1. The highest BCUT2D eigenvalue weighted by molar-refractivity contribution is 7.09. The molecule has 3 heterocycles. The molecule has 0 spiro atoms. The molecule has 0 amide bonds. The zero-order chi connectivity index (χ0) is 19.5. The topological polar surface area (TPSA) is 90.1 Å². The second kappa shape index (κ2) is 7.77. The van der Waals surface area contributed by atoms with Gasteiger partial charge < -0.3 is 14.5 Å². The fourth-order valence-corrected chi connectivity index (χ4v) is 3.43. The molecule has 0 atom stereocenters. The van der Waals surface area contributed by atoms with E-state index in [9.17, 15) is 4.79 Å². The summed E-state index contributed by atoms with van der Waals surface area (Å²) in [6.45, 7) is 4.62. The third-order valence-electron chi connectivity index (χ3n) is 4.11. The van der Waals surface area contributed by atoms with Gasteiger partial charge in [0.05, 0.1) is 29.4 Å². The number of hydrogen-bond acceptors (Lipinski definition) is 8. The smallest absolute Gasteiger partial charge is 0.374 e. The molecule has 0 aliphatic carbocycles. The zero-order valence-electron chi connectivity index (χ0n) is 15.4. The predicted molar refractivity (Wildman–Crippen MR) is 107 cm³/mol. The summed E-state index contributed by atoms with van der Waals surface area (Å²) in [5, 5.41) is 7.24. The van der Waals surface area contributed by atoms with E-state index in [0.717, 1.165) is 33.0 Å². The number of nitrogens with zero attached hydrogens (tertiary/aromatic N) is 3. The van der Waals surface area contributed by atoms with Crippen LogP contribution in [0.2, 0.25) is 0 Å². The first-order valence-electron chi connectivity index (χ1n) is 8.81. The van der Waals surface area contributed by atoms with Crippen LogP contribution in [0.4, 0.5) is 5.82 Å². The lowest BCUT2D eigenvalue weighted by atomic mass is 10.1. The number of fused-ring (bicyclic) bond motifs is 1. The van der Waals surface area contributed by atoms with Crippen LogP contribution in [-0.4, -0.2) is 27.5 Å². The highest BCUT2D eigenvalue weighted by Crippen LogP contribution is 2.28. The minimum atomic E-state index is -0.473. The Morgan fingerprint density at radius 3 is 2.93 bits per heavy atom.